The van der Waals surface area contributed by atoms with Crippen molar-refractivity contribution in [3.05, 3.63) is 34.9 Å². The Labute approximate surface area is 103 Å². The highest BCUT2D eigenvalue weighted by Crippen LogP contribution is 2.17. The number of nitrogens with zero attached hydrogens (tertiary/aromatic N) is 1. The lowest BCUT2D eigenvalue weighted by Gasteiger charge is -2.24. The lowest BCUT2D eigenvalue weighted by atomic mass is 10.1. The van der Waals surface area contributed by atoms with E-state index in [0.29, 0.717) is 12.5 Å². The Bertz CT molecular complexity index is 313. The Morgan fingerprint density at radius 3 is 2.56 bits per heavy atom. The Kier molecular flexibility index (Phi) is 5.81. The largest absolute Gasteiger partial charge is 0.329 e. The Balaban J connectivity index is 2.64. The van der Waals surface area contributed by atoms with Crippen molar-refractivity contribution in [2.24, 2.45) is 11.7 Å². The highest BCUT2D eigenvalue weighted by Gasteiger charge is 2.09. The predicted octanol–water partition coefficient (Wildman–Crippen LogP) is 2.76. The molecule has 3 heteroatoms. The van der Waals surface area contributed by atoms with Gasteiger partial charge in [0.1, 0.15) is 0 Å². The number of halogens is 1. The van der Waals surface area contributed by atoms with E-state index in [-0.39, 0.29) is 0 Å². The third-order valence-corrected chi connectivity index (χ3v) is 2.79. The van der Waals surface area contributed by atoms with Crippen molar-refractivity contribution in [3.63, 3.8) is 0 Å². The van der Waals surface area contributed by atoms with Crippen LogP contribution in [0.1, 0.15) is 19.4 Å². The van der Waals surface area contributed by atoms with Crippen LogP contribution in [-0.2, 0) is 6.54 Å². The molecule has 0 fully saturated rings. The average Bonchev–Trinajstić information content (AvgIpc) is 2.21. The molecule has 0 unspecified atom stereocenters. The van der Waals surface area contributed by atoms with Crippen LogP contribution in [0.3, 0.4) is 0 Å². The number of rotatable bonds is 6. The summed E-state index contributed by atoms with van der Waals surface area (Å²) in [4.78, 5) is 2.35. The minimum absolute atomic E-state index is 0.647. The van der Waals surface area contributed by atoms with Gasteiger partial charge in [0.15, 0.2) is 0 Å². The van der Waals surface area contributed by atoms with Gasteiger partial charge in [-0.3, -0.25) is 4.90 Å². The van der Waals surface area contributed by atoms with Crippen LogP contribution in [0, 0.1) is 5.92 Å². The molecule has 0 radical (unpaired) electrons. The third-order valence-electron chi connectivity index (χ3n) is 2.42. The molecular formula is C13H21ClN2. The summed E-state index contributed by atoms with van der Waals surface area (Å²) in [5.74, 6) is 0.647. The van der Waals surface area contributed by atoms with Crippen LogP contribution in [0.25, 0.3) is 0 Å². The molecule has 0 bridgehead atoms. The molecule has 0 spiro atoms. The number of benzene rings is 1. The minimum atomic E-state index is 0.647. The van der Waals surface area contributed by atoms with Gasteiger partial charge in [0.05, 0.1) is 0 Å². The number of hydrogen-bond donors (Lipinski definition) is 1. The van der Waals surface area contributed by atoms with Gasteiger partial charge in [0, 0.05) is 31.2 Å². The molecule has 0 saturated heterocycles. The summed E-state index contributed by atoms with van der Waals surface area (Å²) in [7, 11) is 0. The second-order valence-corrected chi connectivity index (χ2v) is 4.92. The fraction of sp³-hybridized carbons (Fsp3) is 0.538. The van der Waals surface area contributed by atoms with E-state index in [0.717, 1.165) is 24.7 Å². The zero-order valence-corrected chi connectivity index (χ0v) is 10.9. The molecule has 0 aromatic heterocycles. The van der Waals surface area contributed by atoms with Crippen LogP contribution >= 0.6 is 11.6 Å². The van der Waals surface area contributed by atoms with Crippen LogP contribution in [0.4, 0.5) is 0 Å². The standard InChI is InChI=1S/C13H21ClN2/c1-11(2)9-16(8-7-15)10-12-5-3-4-6-13(12)14/h3-6,11H,7-10,15H2,1-2H3. The minimum Gasteiger partial charge on any atom is -0.329 e. The van der Waals surface area contributed by atoms with E-state index in [9.17, 15) is 0 Å². The zero-order valence-electron chi connectivity index (χ0n) is 10.1. The van der Waals surface area contributed by atoms with Crippen molar-refractivity contribution in [3.8, 4) is 0 Å². The number of hydrogen-bond acceptors (Lipinski definition) is 2. The first-order valence-electron chi connectivity index (χ1n) is 5.79. The summed E-state index contributed by atoms with van der Waals surface area (Å²) in [5, 5.41) is 0.841. The van der Waals surface area contributed by atoms with Gasteiger partial charge in [-0.2, -0.15) is 0 Å². The van der Waals surface area contributed by atoms with Crippen LogP contribution in [0.2, 0.25) is 5.02 Å². The lowest BCUT2D eigenvalue weighted by molar-refractivity contribution is 0.242. The second-order valence-electron chi connectivity index (χ2n) is 4.51. The molecule has 2 N–H and O–H groups in total. The third kappa shape index (κ3) is 4.52. The molecule has 1 aromatic rings. The van der Waals surface area contributed by atoms with Crippen LogP contribution in [0.15, 0.2) is 24.3 Å². The summed E-state index contributed by atoms with van der Waals surface area (Å²) in [6.45, 7) is 7.99. The molecular weight excluding hydrogens is 220 g/mol. The van der Waals surface area contributed by atoms with E-state index >= 15 is 0 Å². The highest BCUT2D eigenvalue weighted by atomic mass is 35.5. The maximum atomic E-state index is 6.15. The molecule has 1 aromatic carbocycles. The van der Waals surface area contributed by atoms with Crippen LogP contribution in [-0.4, -0.2) is 24.5 Å². The topological polar surface area (TPSA) is 29.3 Å². The first kappa shape index (κ1) is 13.5. The highest BCUT2D eigenvalue weighted by molar-refractivity contribution is 6.31. The van der Waals surface area contributed by atoms with Gasteiger partial charge in [-0.15, -0.1) is 0 Å². The van der Waals surface area contributed by atoms with Crippen LogP contribution in [0.5, 0.6) is 0 Å². The van der Waals surface area contributed by atoms with E-state index in [1.807, 2.05) is 18.2 Å². The molecule has 0 heterocycles. The summed E-state index contributed by atoms with van der Waals surface area (Å²) < 4.78 is 0. The fourth-order valence-corrected chi connectivity index (χ4v) is 2.00. The van der Waals surface area contributed by atoms with Gasteiger partial charge in [-0.1, -0.05) is 43.6 Å². The molecule has 0 saturated carbocycles. The predicted molar refractivity (Wildman–Crippen MR) is 70.6 cm³/mol. The van der Waals surface area contributed by atoms with E-state index in [1.165, 1.54) is 5.56 Å². The van der Waals surface area contributed by atoms with Gasteiger partial charge in [-0.05, 0) is 17.5 Å². The molecule has 16 heavy (non-hydrogen) atoms. The van der Waals surface area contributed by atoms with Gasteiger partial charge in [-0.25, -0.2) is 0 Å². The molecule has 0 aliphatic heterocycles. The first-order chi connectivity index (χ1) is 7.63. The summed E-state index contributed by atoms with van der Waals surface area (Å²) in [5.41, 5.74) is 6.80. The second kappa shape index (κ2) is 6.89. The quantitative estimate of drug-likeness (QED) is 0.829. The van der Waals surface area contributed by atoms with Crippen molar-refractivity contribution in [2.75, 3.05) is 19.6 Å². The van der Waals surface area contributed by atoms with Gasteiger partial charge >= 0.3 is 0 Å². The number of nitrogens with two attached hydrogens (primary N) is 1. The molecule has 0 amide bonds. The van der Waals surface area contributed by atoms with Crippen molar-refractivity contribution < 1.29 is 0 Å². The molecule has 2 nitrogen and oxygen atoms in total. The average molecular weight is 241 g/mol. The smallest absolute Gasteiger partial charge is 0.0451 e. The maximum absolute atomic E-state index is 6.15. The van der Waals surface area contributed by atoms with Crippen molar-refractivity contribution >= 4 is 11.6 Å². The summed E-state index contributed by atoms with van der Waals surface area (Å²) in [6.07, 6.45) is 0. The van der Waals surface area contributed by atoms with E-state index in [4.69, 9.17) is 17.3 Å². The monoisotopic (exact) mass is 240 g/mol. The first-order valence-corrected chi connectivity index (χ1v) is 6.17. The lowest BCUT2D eigenvalue weighted by Crippen LogP contribution is -2.32. The maximum Gasteiger partial charge on any atom is 0.0451 e. The molecule has 0 atom stereocenters. The molecule has 0 aliphatic rings. The normalized spacial score (nSPS) is 11.4. The summed E-state index contributed by atoms with van der Waals surface area (Å²) >= 11 is 6.15. The molecule has 1 rings (SSSR count). The Morgan fingerprint density at radius 1 is 1.31 bits per heavy atom. The SMILES string of the molecule is CC(C)CN(CCN)Cc1ccccc1Cl. The Hall–Kier alpha value is -0.570. The zero-order chi connectivity index (χ0) is 12.0. The Morgan fingerprint density at radius 2 is 2.00 bits per heavy atom. The van der Waals surface area contributed by atoms with Crippen LogP contribution < -0.4 is 5.73 Å². The van der Waals surface area contributed by atoms with Gasteiger partial charge in [0.2, 0.25) is 0 Å². The van der Waals surface area contributed by atoms with Crippen molar-refractivity contribution in [2.45, 2.75) is 20.4 Å². The summed E-state index contributed by atoms with van der Waals surface area (Å²) in [6, 6.07) is 8.00. The molecule has 90 valence electrons. The van der Waals surface area contributed by atoms with E-state index in [1.54, 1.807) is 0 Å². The van der Waals surface area contributed by atoms with E-state index in [2.05, 4.69) is 24.8 Å². The fourth-order valence-electron chi connectivity index (χ4n) is 1.80. The van der Waals surface area contributed by atoms with Gasteiger partial charge in [0.25, 0.3) is 0 Å². The van der Waals surface area contributed by atoms with Gasteiger partial charge < -0.3 is 5.73 Å². The van der Waals surface area contributed by atoms with Crippen molar-refractivity contribution in [1.29, 1.82) is 0 Å². The van der Waals surface area contributed by atoms with Crippen molar-refractivity contribution in [1.82, 2.24) is 4.90 Å². The molecule has 0 aliphatic carbocycles. The van der Waals surface area contributed by atoms with E-state index < -0.39 is 0 Å².